The van der Waals surface area contributed by atoms with Crippen molar-refractivity contribution in [2.75, 3.05) is 13.1 Å². The van der Waals surface area contributed by atoms with Gasteiger partial charge in [-0.3, -0.25) is 9.69 Å². The number of piperidine rings is 1. The van der Waals surface area contributed by atoms with Crippen LogP contribution < -0.4 is 5.32 Å². The lowest BCUT2D eigenvalue weighted by atomic mass is 10.0. The van der Waals surface area contributed by atoms with Crippen LogP contribution >= 0.6 is 11.3 Å². The summed E-state index contributed by atoms with van der Waals surface area (Å²) >= 11 is 1.56. The summed E-state index contributed by atoms with van der Waals surface area (Å²) in [5.74, 6) is -0.671. The van der Waals surface area contributed by atoms with Crippen molar-refractivity contribution in [1.82, 2.24) is 15.2 Å². The maximum Gasteiger partial charge on any atom is 0.389 e. The highest BCUT2D eigenvalue weighted by atomic mass is 32.1. The minimum Gasteiger partial charge on any atom is -0.390 e. The van der Waals surface area contributed by atoms with Crippen LogP contribution in [0.15, 0.2) is 5.38 Å². The van der Waals surface area contributed by atoms with Crippen LogP contribution in [-0.2, 0) is 11.3 Å². The molecule has 1 aromatic rings. The van der Waals surface area contributed by atoms with E-state index in [9.17, 15) is 23.1 Å². The molecule has 1 fully saturated rings. The minimum absolute atomic E-state index is 0.362. The van der Waals surface area contributed by atoms with E-state index in [2.05, 4.69) is 10.3 Å². The topological polar surface area (TPSA) is 65.5 Å². The van der Waals surface area contributed by atoms with Crippen molar-refractivity contribution in [2.24, 2.45) is 0 Å². The molecule has 1 saturated heterocycles. The third-order valence-electron chi connectivity index (χ3n) is 3.70. The number of amides is 1. The van der Waals surface area contributed by atoms with E-state index in [0.717, 1.165) is 10.7 Å². The van der Waals surface area contributed by atoms with Gasteiger partial charge < -0.3 is 10.4 Å². The molecule has 2 N–H and O–H groups in total. The molecule has 0 radical (unpaired) electrons. The Morgan fingerprint density at radius 2 is 2.30 bits per heavy atom. The third-order valence-corrected chi connectivity index (χ3v) is 4.52. The van der Waals surface area contributed by atoms with Crippen LogP contribution in [0.1, 0.15) is 30.0 Å². The number of thiazole rings is 1. The maximum absolute atomic E-state index is 12.1. The number of aliphatic hydroxyl groups is 1. The van der Waals surface area contributed by atoms with Crippen LogP contribution in [0.4, 0.5) is 13.2 Å². The minimum atomic E-state index is -4.34. The predicted octanol–water partition coefficient (Wildman–Crippen LogP) is 1.85. The summed E-state index contributed by atoms with van der Waals surface area (Å²) in [7, 11) is 0. The molecule has 2 atom stereocenters. The lowest BCUT2D eigenvalue weighted by molar-refractivity contribution is -0.145. The number of carbonyl (C=O) groups is 1. The fourth-order valence-corrected chi connectivity index (χ4v) is 3.16. The number of β-amino-alcohol motifs (C(OH)–C–C–N with tert-alkyl or cyclic N) is 1. The number of aryl methyl sites for hydroxylation is 1. The molecule has 0 aliphatic carbocycles. The normalized spacial score (nSPS) is 23.0. The first-order chi connectivity index (χ1) is 10.7. The van der Waals surface area contributed by atoms with Crippen molar-refractivity contribution in [1.29, 1.82) is 0 Å². The highest BCUT2D eigenvalue weighted by Gasteiger charge is 2.31. The van der Waals surface area contributed by atoms with Crippen molar-refractivity contribution in [2.45, 2.75) is 51.1 Å². The molecular weight excluding hydrogens is 331 g/mol. The number of aliphatic hydroxyl groups excluding tert-OH is 1. The number of carbonyl (C=O) groups excluding carboxylic acids is 1. The molecule has 5 nitrogen and oxygen atoms in total. The molecular formula is C14H20F3N3O2S. The van der Waals surface area contributed by atoms with Gasteiger partial charge in [0.05, 0.1) is 29.3 Å². The van der Waals surface area contributed by atoms with Gasteiger partial charge in [-0.15, -0.1) is 11.3 Å². The van der Waals surface area contributed by atoms with Gasteiger partial charge in [0.15, 0.2) is 0 Å². The molecule has 9 heteroatoms. The second-order valence-electron chi connectivity index (χ2n) is 5.74. The molecule has 2 rings (SSSR count). The number of rotatable bonds is 5. The van der Waals surface area contributed by atoms with Crippen LogP contribution in [0, 0.1) is 6.92 Å². The number of nitrogens with one attached hydrogen (secondary N) is 1. The van der Waals surface area contributed by atoms with Gasteiger partial charge in [0.25, 0.3) is 0 Å². The highest BCUT2D eigenvalue weighted by Crippen LogP contribution is 2.21. The Labute approximate surface area is 136 Å². The van der Waals surface area contributed by atoms with Crippen LogP contribution in [0.5, 0.6) is 0 Å². The predicted molar refractivity (Wildman–Crippen MR) is 80.0 cm³/mol. The summed E-state index contributed by atoms with van der Waals surface area (Å²) in [4.78, 5) is 17.9. The Morgan fingerprint density at radius 1 is 1.57 bits per heavy atom. The van der Waals surface area contributed by atoms with E-state index < -0.39 is 37.1 Å². The number of hydrogen-bond acceptors (Lipinski definition) is 5. The maximum atomic E-state index is 12.1. The lowest BCUT2D eigenvalue weighted by Gasteiger charge is -2.36. The van der Waals surface area contributed by atoms with Crippen LogP contribution in [0.25, 0.3) is 0 Å². The van der Waals surface area contributed by atoms with Gasteiger partial charge in [0.1, 0.15) is 0 Å². The quantitative estimate of drug-likeness (QED) is 0.850. The lowest BCUT2D eigenvalue weighted by Crippen LogP contribution is -2.53. The molecule has 0 bridgehead atoms. The first kappa shape index (κ1) is 18.2. The zero-order valence-corrected chi connectivity index (χ0v) is 13.6. The Morgan fingerprint density at radius 3 is 2.87 bits per heavy atom. The molecule has 1 amide bonds. The number of halogens is 3. The average Bonchev–Trinajstić information content (AvgIpc) is 2.84. The zero-order valence-electron chi connectivity index (χ0n) is 12.8. The number of nitrogens with zero attached hydrogens (tertiary/aromatic N) is 2. The molecule has 0 saturated carbocycles. The molecule has 130 valence electrons. The summed E-state index contributed by atoms with van der Waals surface area (Å²) in [6, 6.07) is -0.496. The van der Waals surface area contributed by atoms with Crippen molar-refractivity contribution >= 4 is 17.2 Å². The van der Waals surface area contributed by atoms with E-state index in [4.69, 9.17) is 0 Å². The largest absolute Gasteiger partial charge is 0.390 e. The van der Waals surface area contributed by atoms with Crippen molar-refractivity contribution in [3.8, 4) is 0 Å². The van der Waals surface area contributed by atoms with E-state index in [1.165, 1.54) is 0 Å². The van der Waals surface area contributed by atoms with E-state index >= 15 is 0 Å². The first-order valence-corrected chi connectivity index (χ1v) is 8.28. The summed E-state index contributed by atoms with van der Waals surface area (Å²) < 4.78 is 36.3. The molecule has 2 heterocycles. The van der Waals surface area contributed by atoms with E-state index in [0.29, 0.717) is 26.1 Å². The summed E-state index contributed by atoms with van der Waals surface area (Å²) in [5, 5.41) is 15.5. The number of hydrogen-bond donors (Lipinski definition) is 2. The van der Waals surface area contributed by atoms with Gasteiger partial charge in [-0.1, -0.05) is 0 Å². The second kappa shape index (κ2) is 7.59. The number of alkyl halides is 3. The van der Waals surface area contributed by atoms with Gasteiger partial charge in [0.2, 0.25) is 5.91 Å². The SMILES string of the molecule is Cc1nc(CN2CCC(NC(=O)CCC(F)(F)F)C(O)C2)cs1. The van der Waals surface area contributed by atoms with Crippen molar-refractivity contribution in [3.63, 3.8) is 0 Å². The average molecular weight is 351 g/mol. The van der Waals surface area contributed by atoms with Gasteiger partial charge in [-0.25, -0.2) is 4.98 Å². The molecule has 1 aliphatic rings. The Hall–Kier alpha value is -1.19. The monoisotopic (exact) mass is 351 g/mol. The zero-order chi connectivity index (χ0) is 17.0. The fourth-order valence-electron chi connectivity index (χ4n) is 2.55. The van der Waals surface area contributed by atoms with E-state index in [1.807, 2.05) is 17.2 Å². The van der Waals surface area contributed by atoms with E-state index in [-0.39, 0.29) is 0 Å². The Kier molecular flexibility index (Phi) is 5.99. The van der Waals surface area contributed by atoms with Crippen molar-refractivity contribution in [3.05, 3.63) is 16.1 Å². The number of likely N-dealkylation sites (tertiary alicyclic amines) is 1. The second-order valence-corrected chi connectivity index (χ2v) is 6.80. The molecule has 0 aromatic carbocycles. The molecule has 23 heavy (non-hydrogen) atoms. The highest BCUT2D eigenvalue weighted by molar-refractivity contribution is 7.09. The standard InChI is InChI=1S/C14H20F3N3O2S/c1-9-18-10(8-23-9)6-20-5-3-11(12(21)7-20)19-13(22)2-4-14(15,16)17/h8,11-12,21H,2-7H2,1H3,(H,19,22). The molecule has 1 aromatic heterocycles. The Bertz CT molecular complexity index is 536. The van der Waals surface area contributed by atoms with Gasteiger partial charge in [0, 0.05) is 31.4 Å². The van der Waals surface area contributed by atoms with Crippen LogP contribution in [0.2, 0.25) is 0 Å². The molecule has 1 aliphatic heterocycles. The fraction of sp³-hybridized carbons (Fsp3) is 0.714. The summed E-state index contributed by atoms with van der Waals surface area (Å²) in [6.07, 6.45) is -6.38. The van der Waals surface area contributed by atoms with Gasteiger partial charge >= 0.3 is 6.18 Å². The van der Waals surface area contributed by atoms with Gasteiger partial charge in [-0.2, -0.15) is 13.2 Å². The van der Waals surface area contributed by atoms with Crippen molar-refractivity contribution < 1.29 is 23.1 Å². The number of aromatic nitrogens is 1. The van der Waals surface area contributed by atoms with Crippen LogP contribution in [0.3, 0.4) is 0 Å². The summed E-state index contributed by atoms with van der Waals surface area (Å²) in [6.45, 7) is 3.56. The third kappa shape index (κ3) is 6.08. The molecule has 2 unspecified atom stereocenters. The smallest absolute Gasteiger partial charge is 0.389 e. The Balaban J connectivity index is 1.76. The van der Waals surface area contributed by atoms with Gasteiger partial charge in [-0.05, 0) is 13.3 Å². The molecule has 0 spiro atoms. The first-order valence-electron chi connectivity index (χ1n) is 7.40. The van der Waals surface area contributed by atoms with E-state index in [1.54, 1.807) is 11.3 Å². The summed E-state index contributed by atoms with van der Waals surface area (Å²) in [5.41, 5.74) is 0.937. The van der Waals surface area contributed by atoms with Crippen LogP contribution in [-0.4, -0.2) is 52.3 Å².